The van der Waals surface area contributed by atoms with E-state index >= 15 is 0 Å². The summed E-state index contributed by atoms with van der Waals surface area (Å²) in [5, 5.41) is 3.29. The fraction of sp³-hybridized carbons (Fsp3) is 0.600. The van der Waals surface area contributed by atoms with E-state index in [4.69, 9.17) is 0 Å². The molecule has 114 valence electrons. The van der Waals surface area contributed by atoms with Gasteiger partial charge in [0.15, 0.2) is 0 Å². The van der Waals surface area contributed by atoms with Crippen molar-refractivity contribution in [1.82, 2.24) is 10.2 Å². The van der Waals surface area contributed by atoms with Gasteiger partial charge in [-0.25, -0.2) is 8.78 Å². The molecule has 0 aromatic heterocycles. The number of hydrogen-bond acceptors (Lipinski definition) is 2. The Hall–Kier alpha value is -0.710. The van der Waals surface area contributed by atoms with Crippen LogP contribution in [0.2, 0.25) is 0 Å². The average Bonchev–Trinajstić information content (AvgIpc) is 2.33. The van der Waals surface area contributed by atoms with Crippen LogP contribution in [0.15, 0.2) is 18.2 Å². The molecule has 0 saturated carbocycles. The lowest BCUT2D eigenvalue weighted by Crippen LogP contribution is -2.48. The van der Waals surface area contributed by atoms with Gasteiger partial charge >= 0.3 is 0 Å². The summed E-state index contributed by atoms with van der Waals surface area (Å²) in [5.41, 5.74) is 0.320. The van der Waals surface area contributed by atoms with Gasteiger partial charge in [0.05, 0.1) is 0 Å². The number of nitrogens with one attached hydrogen (secondary N) is 1. The van der Waals surface area contributed by atoms with Crippen LogP contribution in [0.4, 0.5) is 8.78 Å². The van der Waals surface area contributed by atoms with Crippen LogP contribution in [0.25, 0.3) is 0 Å². The molecule has 1 heterocycles. The normalized spacial score (nSPS) is 18.4. The first kappa shape index (κ1) is 17.3. The second-order valence-corrected chi connectivity index (χ2v) is 6.22. The van der Waals surface area contributed by atoms with Crippen LogP contribution in [0.1, 0.15) is 32.4 Å². The summed E-state index contributed by atoms with van der Waals surface area (Å²) >= 11 is 0. The summed E-state index contributed by atoms with van der Waals surface area (Å²) in [6.45, 7) is 9.72. The Balaban J connectivity index is 0.00000200. The molecule has 0 spiro atoms. The third-order valence-corrected chi connectivity index (χ3v) is 3.59. The topological polar surface area (TPSA) is 15.3 Å². The number of rotatable bonds is 2. The van der Waals surface area contributed by atoms with Crippen LogP contribution in [0, 0.1) is 17.0 Å². The van der Waals surface area contributed by atoms with Crippen LogP contribution >= 0.6 is 12.4 Å². The summed E-state index contributed by atoms with van der Waals surface area (Å²) < 4.78 is 27.6. The van der Waals surface area contributed by atoms with E-state index in [1.807, 2.05) is 0 Å². The first-order valence-electron chi connectivity index (χ1n) is 6.79. The third-order valence-electron chi connectivity index (χ3n) is 3.59. The highest BCUT2D eigenvalue weighted by atomic mass is 35.5. The molecular formula is C15H23ClF2N2. The van der Waals surface area contributed by atoms with E-state index in [-0.39, 0.29) is 35.5 Å². The summed E-state index contributed by atoms with van der Waals surface area (Å²) in [6, 6.07) is 3.64. The molecule has 0 amide bonds. The lowest BCUT2D eigenvalue weighted by Gasteiger charge is -2.42. The van der Waals surface area contributed by atoms with Crippen molar-refractivity contribution in [2.45, 2.75) is 26.8 Å². The minimum Gasteiger partial charge on any atom is -0.314 e. The van der Waals surface area contributed by atoms with Gasteiger partial charge in [0.1, 0.15) is 11.6 Å². The molecule has 1 saturated heterocycles. The molecule has 1 aliphatic heterocycles. The van der Waals surface area contributed by atoms with E-state index in [0.29, 0.717) is 5.56 Å². The molecule has 2 rings (SSSR count). The molecule has 2 nitrogen and oxygen atoms in total. The van der Waals surface area contributed by atoms with Gasteiger partial charge in [0.2, 0.25) is 0 Å². The second-order valence-electron chi connectivity index (χ2n) is 6.22. The Morgan fingerprint density at radius 2 is 1.75 bits per heavy atom. The summed E-state index contributed by atoms with van der Waals surface area (Å²) in [7, 11) is 0. The Bertz CT molecular complexity index is 440. The molecule has 1 aromatic carbocycles. The van der Waals surface area contributed by atoms with Crippen LogP contribution < -0.4 is 5.32 Å². The molecule has 1 atom stereocenters. The van der Waals surface area contributed by atoms with Crippen LogP contribution in [-0.2, 0) is 0 Å². The summed E-state index contributed by atoms with van der Waals surface area (Å²) in [4.78, 5) is 2.24. The molecule has 0 unspecified atom stereocenters. The average molecular weight is 305 g/mol. The molecule has 1 aliphatic rings. The highest BCUT2D eigenvalue weighted by molar-refractivity contribution is 5.85. The van der Waals surface area contributed by atoms with Crippen LogP contribution in [0.5, 0.6) is 0 Å². The molecule has 0 radical (unpaired) electrons. The standard InChI is InChI=1S/C15H22F2N2.ClH/c1-15(2,3)14(19-8-6-18-7-9-19)12-10-11(16)4-5-13(12)17;/h4-5,10,14,18H,6-9H2,1-3H3;1H/t14-;/m1./s1. The van der Waals surface area contributed by atoms with Crippen molar-refractivity contribution in [2.75, 3.05) is 26.2 Å². The molecule has 20 heavy (non-hydrogen) atoms. The third kappa shape index (κ3) is 3.90. The van der Waals surface area contributed by atoms with Gasteiger partial charge in [-0.2, -0.15) is 0 Å². The van der Waals surface area contributed by atoms with Gasteiger partial charge in [-0.1, -0.05) is 20.8 Å². The van der Waals surface area contributed by atoms with Gasteiger partial charge < -0.3 is 5.32 Å². The second kappa shape index (κ2) is 6.83. The first-order chi connectivity index (χ1) is 8.89. The zero-order chi connectivity index (χ0) is 14.0. The lowest BCUT2D eigenvalue weighted by atomic mass is 9.80. The first-order valence-corrected chi connectivity index (χ1v) is 6.79. The van der Waals surface area contributed by atoms with E-state index in [9.17, 15) is 8.78 Å². The highest BCUT2D eigenvalue weighted by Gasteiger charge is 2.34. The minimum absolute atomic E-state index is 0. The van der Waals surface area contributed by atoms with Crippen LogP contribution in [0.3, 0.4) is 0 Å². The minimum atomic E-state index is -0.374. The van der Waals surface area contributed by atoms with Gasteiger partial charge in [-0.15, -0.1) is 12.4 Å². The van der Waals surface area contributed by atoms with E-state index in [2.05, 4.69) is 31.0 Å². The number of nitrogens with zero attached hydrogens (tertiary/aromatic N) is 1. The zero-order valence-corrected chi connectivity index (χ0v) is 13.1. The van der Waals surface area contributed by atoms with Crippen molar-refractivity contribution in [3.63, 3.8) is 0 Å². The van der Waals surface area contributed by atoms with E-state index in [1.54, 1.807) is 0 Å². The van der Waals surface area contributed by atoms with E-state index in [0.717, 1.165) is 26.2 Å². The Morgan fingerprint density at radius 1 is 1.15 bits per heavy atom. The molecule has 1 aromatic rings. The van der Waals surface area contributed by atoms with Crippen molar-refractivity contribution in [3.05, 3.63) is 35.4 Å². The number of halogens is 3. The van der Waals surface area contributed by atoms with Crippen molar-refractivity contribution in [3.8, 4) is 0 Å². The molecule has 5 heteroatoms. The van der Waals surface area contributed by atoms with Gasteiger partial charge in [-0.05, 0) is 23.6 Å². The van der Waals surface area contributed by atoms with Crippen molar-refractivity contribution in [2.24, 2.45) is 5.41 Å². The lowest BCUT2D eigenvalue weighted by molar-refractivity contribution is 0.0832. The summed E-state index contributed by atoms with van der Waals surface area (Å²) in [6.07, 6.45) is 0. The Labute approximate surface area is 126 Å². The fourth-order valence-corrected chi connectivity index (χ4v) is 2.88. The smallest absolute Gasteiger partial charge is 0.128 e. The largest absolute Gasteiger partial charge is 0.314 e. The Morgan fingerprint density at radius 3 is 2.30 bits per heavy atom. The predicted molar refractivity (Wildman–Crippen MR) is 80.2 cm³/mol. The van der Waals surface area contributed by atoms with E-state index < -0.39 is 0 Å². The molecule has 0 bridgehead atoms. The predicted octanol–water partition coefficient (Wildman–Crippen LogP) is 3.38. The molecule has 0 aliphatic carbocycles. The SMILES string of the molecule is CC(C)(C)[C@@H](c1cc(F)ccc1F)N1CCNCC1.Cl. The van der Waals surface area contributed by atoms with Gasteiger partial charge in [-0.3, -0.25) is 4.90 Å². The molecule has 1 fully saturated rings. The summed E-state index contributed by atoms with van der Waals surface area (Å²) in [5.74, 6) is -0.694. The van der Waals surface area contributed by atoms with Gasteiger partial charge in [0, 0.05) is 37.8 Å². The van der Waals surface area contributed by atoms with Crippen LogP contribution in [-0.4, -0.2) is 31.1 Å². The van der Waals surface area contributed by atoms with Crippen molar-refractivity contribution < 1.29 is 8.78 Å². The maximum absolute atomic E-state index is 14.1. The number of piperazine rings is 1. The van der Waals surface area contributed by atoms with E-state index in [1.165, 1.54) is 18.2 Å². The quantitative estimate of drug-likeness (QED) is 0.901. The molecule has 1 N–H and O–H groups in total. The van der Waals surface area contributed by atoms with Gasteiger partial charge in [0.25, 0.3) is 0 Å². The molecular weight excluding hydrogens is 282 g/mol. The monoisotopic (exact) mass is 304 g/mol. The zero-order valence-electron chi connectivity index (χ0n) is 12.2. The fourth-order valence-electron chi connectivity index (χ4n) is 2.88. The Kier molecular flexibility index (Phi) is 5.92. The number of benzene rings is 1. The number of hydrogen-bond donors (Lipinski definition) is 1. The van der Waals surface area contributed by atoms with Crippen molar-refractivity contribution >= 4 is 12.4 Å². The maximum atomic E-state index is 14.1. The van der Waals surface area contributed by atoms with Crippen molar-refractivity contribution in [1.29, 1.82) is 0 Å². The maximum Gasteiger partial charge on any atom is 0.128 e. The highest BCUT2D eigenvalue weighted by Crippen LogP contribution is 2.39.